The fraction of sp³-hybridized carbons (Fsp3) is 0.857. The maximum atomic E-state index is 11.7. The van der Waals surface area contributed by atoms with E-state index in [2.05, 4.69) is 34.4 Å². The Morgan fingerprint density at radius 1 is 1.15 bits per heavy atom. The van der Waals surface area contributed by atoms with Crippen LogP contribution in [-0.4, -0.2) is 67.6 Å². The lowest BCUT2D eigenvalue weighted by Gasteiger charge is -2.37. The molecule has 1 unspecified atom stereocenters. The molecule has 2 amide bonds. The number of carbonyl (C=O) groups excluding carboxylic acids is 2. The molecule has 0 saturated carbocycles. The van der Waals surface area contributed by atoms with Crippen LogP contribution in [0.4, 0.5) is 0 Å². The molecular weight excluding hydrogens is 256 g/mol. The maximum Gasteiger partial charge on any atom is 0.222 e. The van der Waals surface area contributed by atoms with Crippen LogP contribution in [0.15, 0.2) is 0 Å². The minimum absolute atomic E-state index is 0.00613. The molecule has 0 aliphatic carbocycles. The van der Waals surface area contributed by atoms with Crippen molar-refractivity contribution in [3.63, 3.8) is 0 Å². The number of amides is 2. The SMILES string of the molecule is CCCC(=O)NCNC(=O)CCN1CCN(C)C(C)C1. The second-order valence-corrected chi connectivity index (χ2v) is 5.51. The molecule has 0 radical (unpaired) electrons. The van der Waals surface area contributed by atoms with E-state index in [1.54, 1.807) is 0 Å². The molecule has 116 valence electrons. The number of hydrogen-bond donors (Lipinski definition) is 2. The monoisotopic (exact) mass is 284 g/mol. The molecule has 1 atom stereocenters. The first-order valence-corrected chi connectivity index (χ1v) is 7.49. The minimum Gasteiger partial charge on any atom is -0.339 e. The van der Waals surface area contributed by atoms with Crippen LogP contribution in [0.1, 0.15) is 33.1 Å². The second-order valence-electron chi connectivity index (χ2n) is 5.51. The van der Waals surface area contributed by atoms with Gasteiger partial charge in [-0.15, -0.1) is 0 Å². The van der Waals surface area contributed by atoms with Crippen molar-refractivity contribution in [2.24, 2.45) is 0 Å². The number of carbonyl (C=O) groups is 2. The highest BCUT2D eigenvalue weighted by atomic mass is 16.2. The van der Waals surface area contributed by atoms with Crippen molar-refractivity contribution in [3.8, 4) is 0 Å². The van der Waals surface area contributed by atoms with E-state index in [-0.39, 0.29) is 18.5 Å². The smallest absolute Gasteiger partial charge is 0.222 e. The van der Waals surface area contributed by atoms with Gasteiger partial charge in [-0.05, 0) is 20.4 Å². The third-order valence-corrected chi connectivity index (χ3v) is 3.75. The summed E-state index contributed by atoms with van der Waals surface area (Å²) < 4.78 is 0. The van der Waals surface area contributed by atoms with Crippen LogP contribution in [0.3, 0.4) is 0 Å². The first-order valence-electron chi connectivity index (χ1n) is 7.49. The van der Waals surface area contributed by atoms with Gasteiger partial charge >= 0.3 is 0 Å². The highest BCUT2D eigenvalue weighted by Crippen LogP contribution is 2.06. The minimum atomic E-state index is -0.0132. The van der Waals surface area contributed by atoms with Crippen molar-refractivity contribution in [2.75, 3.05) is 39.9 Å². The number of piperazine rings is 1. The van der Waals surface area contributed by atoms with Crippen molar-refractivity contribution in [3.05, 3.63) is 0 Å². The molecule has 1 rings (SSSR count). The van der Waals surface area contributed by atoms with E-state index in [1.165, 1.54) is 0 Å². The lowest BCUT2D eigenvalue weighted by molar-refractivity contribution is -0.123. The molecule has 1 saturated heterocycles. The van der Waals surface area contributed by atoms with Gasteiger partial charge in [0.15, 0.2) is 0 Å². The highest BCUT2D eigenvalue weighted by Gasteiger charge is 2.20. The van der Waals surface area contributed by atoms with Gasteiger partial charge in [-0.25, -0.2) is 0 Å². The predicted octanol–water partition coefficient (Wildman–Crippen LogP) is 0.00240. The summed E-state index contributed by atoms with van der Waals surface area (Å²) in [7, 11) is 2.13. The van der Waals surface area contributed by atoms with Crippen LogP contribution in [0.25, 0.3) is 0 Å². The molecule has 0 aromatic heterocycles. The standard InChI is InChI=1S/C14H28N4O2/c1-4-5-13(19)15-11-16-14(20)6-7-18-9-8-17(3)12(2)10-18/h12H,4-11H2,1-3H3,(H,15,19)(H,16,20). The normalized spacial score (nSPS) is 20.6. The Hall–Kier alpha value is -1.14. The van der Waals surface area contributed by atoms with Gasteiger partial charge in [0.05, 0.1) is 6.67 Å². The number of likely N-dealkylation sites (N-methyl/N-ethyl adjacent to an activating group) is 1. The zero-order valence-corrected chi connectivity index (χ0v) is 12.9. The molecule has 0 aromatic carbocycles. The number of rotatable bonds is 7. The summed E-state index contributed by atoms with van der Waals surface area (Å²) in [6.07, 6.45) is 1.82. The number of nitrogens with zero attached hydrogens (tertiary/aromatic N) is 2. The van der Waals surface area contributed by atoms with Gasteiger partial charge in [-0.3, -0.25) is 9.59 Å². The fourth-order valence-electron chi connectivity index (χ4n) is 2.23. The molecule has 1 fully saturated rings. The molecule has 2 N–H and O–H groups in total. The van der Waals surface area contributed by atoms with Crippen LogP contribution in [0.5, 0.6) is 0 Å². The van der Waals surface area contributed by atoms with Crippen molar-refractivity contribution >= 4 is 11.8 Å². The molecule has 20 heavy (non-hydrogen) atoms. The Morgan fingerprint density at radius 3 is 2.40 bits per heavy atom. The Morgan fingerprint density at radius 2 is 1.80 bits per heavy atom. The van der Waals surface area contributed by atoms with E-state index >= 15 is 0 Å². The average molecular weight is 284 g/mol. The van der Waals surface area contributed by atoms with Crippen molar-refractivity contribution in [1.29, 1.82) is 0 Å². The lowest BCUT2D eigenvalue weighted by atomic mass is 10.2. The fourth-order valence-corrected chi connectivity index (χ4v) is 2.23. The maximum absolute atomic E-state index is 11.7. The summed E-state index contributed by atoms with van der Waals surface area (Å²) in [6.45, 7) is 8.25. The van der Waals surface area contributed by atoms with Crippen LogP contribution in [-0.2, 0) is 9.59 Å². The summed E-state index contributed by atoms with van der Waals surface area (Å²) in [5, 5.41) is 5.40. The largest absolute Gasteiger partial charge is 0.339 e. The van der Waals surface area contributed by atoms with Gasteiger partial charge in [0.25, 0.3) is 0 Å². The predicted molar refractivity (Wildman–Crippen MR) is 79.2 cm³/mol. The van der Waals surface area contributed by atoms with Crippen LogP contribution < -0.4 is 10.6 Å². The first-order chi connectivity index (χ1) is 9.52. The average Bonchev–Trinajstić information content (AvgIpc) is 2.40. The molecule has 1 aliphatic heterocycles. The summed E-state index contributed by atoms with van der Waals surface area (Å²) >= 11 is 0. The summed E-state index contributed by atoms with van der Waals surface area (Å²) in [4.78, 5) is 27.5. The zero-order chi connectivity index (χ0) is 15.0. The third kappa shape index (κ3) is 6.34. The molecule has 1 aliphatic rings. The van der Waals surface area contributed by atoms with Gasteiger partial charge in [0, 0.05) is 45.1 Å². The molecule has 0 aromatic rings. The van der Waals surface area contributed by atoms with Crippen LogP contribution in [0.2, 0.25) is 0 Å². The lowest BCUT2D eigenvalue weighted by Crippen LogP contribution is -2.50. The van der Waals surface area contributed by atoms with Gasteiger partial charge in [-0.1, -0.05) is 6.92 Å². The zero-order valence-electron chi connectivity index (χ0n) is 12.9. The molecule has 1 heterocycles. The Labute approximate surface area is 121 Å². The summed E-state index contributed by atoms with van der Waals surface area (Å²) in [5.41, 5.74) is 0. The van der Waals surface area contributed by atoms with Gasteiger partial charge in [0.2, 0.25) is 11.8 Å². The molecule has 6 heteroatoms. The van der Waals surface area contributed by atoms with Crippen LogP contribution >= 0.6 is 0 Å². The van der Waals surface area contributed by atoms with E-state index in [9.17, 15) is 9.59 Å². The van der Waals surface area contributed by atoms with E-state index in [4.69, 9.17) is 0 Å². The number of nitrogens with one attached hydrogen (secondary N) is 2. The quantitative estimate of drug-likeness (QED) is 0.646. The molecule has 6 nitrogen and oxygen atoms in total. The van der Waals surface area contributed by atoms with Gasteiger partial charge in [-0.2, -0.15) is 0 Å². The van der Waals surface area contributed by atoms with E-state index in [0.29, 0.717) is 18.9 Å². The molecular formula is C14H28N4O2. The number of hydrogen-bond acceptors (Lipinski definition) is 4. The van der Waals surface area contributed by atoms with Crippen molar-refractivity contribution < 1.29 is 9.59 Å². The summed E-state index contributed by atoms with van der Waals surface area (Å²) in [6, 6.07) is 0.542. The summed E-state index contributed by atoms with van der Waals surface area (Å²) in [5.74, 6) is -0.0194. The Bertz CT molecular complexity index is 322. The molecule has 0 spiro atoms. The van der Waals surface area contributed by atoms with Crippen molar-refractivity contribution in [2.45, 2.75) is 39.2 Å². The highest BCUT2D eigenvalue weighted by molar-refractivity contribution is 5.78. The topological polar surface area (TPSA) is 64.7 Å². The van der Waals surface area contributed by atoms with Gasteiger partial charge in [0.1, 0.15) is 0 Å². The van der Waals surface area contributed by atoms with E-state index < -0.39 is 0 Å². The first kappa shape index (κ1) is 16.9. The Balaban J connectivity index is 2.09. The van der Waals surface area contributed by atoms with Gasteiger partial charge < -0.3 is 20.4 Å². The Kier molecular flexibility index (Phi) is 7.54. The molecule has 0 bridgehead atoms. The third-order valence-electron chi connectivity index (χ3n) is 3.75. The van der Waals surface area contributed by atoms with Crippen LogP contribution in [0, 0.1) is 0 Å². The van der Waals surface area contributed by atoms with Crippen molar-refractivity contribution in [1.82, 2.24) is 20.4 Å². The van der Waals surface area contributed by atoms with E-state index in [1.807, 2.05) is 6.92 Å². The van der Waals surface area contributed by atoms with E-state index in [0.717, 1.165) is 32.6 Å². The second kappa shape index (κ2) is 8.92.